The molecular weight excluding hydrogens is 370 g/mol. The van der Waals surface area contributed by atoms with Gasteiger partial charge in [0.05, 0.1) is 17.8 Å². The van der Waals surface area contributed by atoms with Gasteiger partial charge in [-0.3, -0.25) is 0 Å². The van der Waals surface area contributed by atoms with Crippen LogP contribution in [0.25, 0.3) is 22.3 Å². The van der Waals surface area contributed by atoms with E-state index < -0.39 is 0 Å². The summed E-state index contributed by atoms with van der Waals surface area (Å²) < 4.78 is 5.78. The number of nitrogens with one attached hydrogen (secondary N) is 1. The third kappa shape index (κ3) is 4.13. The number of anilines is 2. The van der Waals surface area contributed by atoms with Crippen LogP contribution in [0, 0.1) is 0 Å². The maximum Gasteiger partial charge on any atom is 0.162 e. The van der Waals surface area contributed by atoms with Gasteiger partial charge >= 0.3 is 0 Å². The van der Waals surface area contributed by atoms with Crippen LogP contribution in [0.1, 0.15) is 33.3 Å². The summed E-state index contributed by atoms with van der Waals surface area (Å²) in [5.74, 6) is 2.27. The molecule has 30 heavy (non-hydrogen) atoms. The largest absolute Gasteiger partial charge is 0.492 e. The van der Waals surface area contributed by atoms with Gasteiger partial charge in [0.25, 0.3) is 0 Å². The Hall–Kier alpha value is -3.40. The highest BCUT2D eigenvalue weighted by Crippen LogP contribution is 2.32. The van der Waals surface area contributed by atoms with Crippen LogP contribution < -0.4 is 10.1 Å². The van der Waals surface area contributed by atoms with Crippen molar-refractivity contribution < 1.29 is 4.74 Å². The number of ether oxygens (including phenoxy) is 1. The van der Waals surface area contributed by atoms with Crippen molar-refractivity contribution in [1.82, 2.24) is 9.97 Å². The SMILES string of the molecule is CCOc1ccccc1Nc1nc(-c2ccc(C(C)(C)C)cc2)nc2ccccc12. The second kappa shape index (κ2) is 8.15. The minimum atomic E-state index is 0.110. The van der Waals surface area contributed by atoms with E-state index in [1.165, 1.54) is 5.56 Å². The fourth-order valence-corrected chi connectivity index (χ4v) is 3.40. The minimum Gasteiger partial charge on any atom is -0.492 e. The van der Waals surface area contributed by atoms with E-state index in [1.807, 2.05) is 55.5 Å². The predicted molar refractivity (Wildman–Crippen MR) is 125 cm³/mol. The number of aromatic nitrogens is 2. The second-order valence-corrected chi connectivity index (χ2v) is 8.29. The van der Waals surface area contributed by atoms with Crippen LogP contribution in [0.15, 0.2) is 72.8 Å². The summed E-state index contributed by atoms with van der Waals surface area (Å²) in [4.78, 5) is 9.70. The Labute approximate surface area is 178 Å². The molecule has 4 heteroatoms. The van der Waals surface area contributed by atoms with Crippen LogP contribution in [0.5, 0.6) is 5.75 Å². The fourth-order valence-electron chi connectivity index (χ4n) is 3.40. The number of hydrogen-bond donors (Lipinski definition) is 1. The molecule has 0 unspecified atom stereocenters. The topological polar surface area (TPSA) is 47.0 Å². The summed E-state index contributed by atoms with van der Waals surface area (Å²) in [5.41, 5.74) is 4.18. The highest BCUT2D eigenvalue weighted by Gasteiger charge is 2.15. The highest BCUT2D eigenvalue weighted by molar-refractivity contribution is 5.92. The van der Waals surface area contributed by atoms with Crippen LogP contribution in [0.3, 0.4) is 0 Å². The molecule has 0 aliphatic rings. The zero-order valence-electron chi connectivity index (χ0n) is 17.9. The molecule has 0 fully saturated rings. The van der Waals surface area contributed by atoms with Crippen LogP contribution in [-0.4, -0.2) is 16.6 Å². The Kier molecular flexibility index (Phi) is 5.40. The molecule has 0 bridgehead atoms. The van der Waals surface area contributed by atoms with Crippen molar-refractivity contribution in [2.24, 2.45) is 0 Å². The summed E-state index contributed by atoms with van der Waals surface area (Å²) in [6, 6.07) is 24.5. The maximum absolute atomic E-state index is 5.78. The average molecular weight is 398 g/mol. The summed E-state index contributed by atoms with van der Waals surface area (Å²) in [7, 11) is 0. The van der Waals surface area contributed by atoms with Gasteiger partial charge in [0.15, 0.2) is 5.82 Å². The number of fused-ring (bicyclic) bond motifs is 1. The summed E-state index contributed by atoms with van der Waals surface area (Å²) in [6.45, 7) is 9.23. The number of hydrogen-bond acceptors (Lipinski definition) is 4. The molecule has 0 saturated carbocycles. The van der Waals surface area contributed by atoms with Crippen molar-refractivity contribution in [3.05, 3.63) is 78.4 Å². The van der Waals surface area contributed by atoms with Crippen LogP contribution in [-0.2, 0) is 5.41 Å². The van der Waals surface area contributed by atoms with Crippen LogP contribution in [0.2, 0.25) is 0 Å². The predicted octanol–water partition coefficient (Wildman–Crippen LogP) is 6.74. The summed E-state index contributed by atoms with van der Waals surface area (Å²) in [5, 5.41) is 4.44. The Balaban J connectivity index is 1.79. The van der Waals surface area contributed by atoms with Gasteiger partial charge in [0.2, 0.25) is 0 Å². The Morgan fingerprint density at radius 1 is 0.833 bits per heavy atom. The van der Waals surface area contributed by atoms with Crippen molar-refractivity contribution in [3.63, 3.8) is 0 Å². The van der Waals surface area contributed by atoms with Crippen LogP contribution in [0.4, 0.5) is 11.5 Å². The fraction of sp³-hybridized carbons (Fsp3) is 0.231. The molecule has 3 aromatic carbocycles. The third-order valence-electron chi connectivity index (χ3n) is 5.05. The van der Waals surface area contributed by atoms with Gasteiger partial charge < -0.3 is 10.1 Å². The van der Waals surface area contributed by atoms with Gasteiger partial charge in [-0.15, -0.1) is 0 Å². The lowest BCUT2D eigenvalue weighted by molar-refractivity contribution is 0.342. The van der Waals surface area contributed by atoms with Gasteiger partial charge in [-0.25, -0.2) is 9.97 Å². The van der Waals surface area contributed by atoms with Gasteiger partial charge in [-0.1, -0.05) is 69.3 Å². The lowest BCUT2D eigenvalue weighted by Gasteiger charge is -2.19. The number of rotatable bonds is 5. The normalized spacial score (nSPS) is 11.5. The molecule has 1 aromatic heterocycles. The van der Waals surface area contributed by atoms with E-state index in [4.69, 9.17) is 14.7 Å². The standard InChI is InChI=1S/C26H27N3O/c1-5-30-23-13-9-8-12-22(23)28-25-20-10-6-7-11-21(20)27-24(29-25)18-14-16-19(17-15-18)26(2,3)4/h6-17H,5H2,1-4H3,(H,27,28,29). The summed E-state index contributed by atoms with van der Waals surface area (Å²) >= 11 is 0. The van der Waals surface area contributed by atoms with E-state index in [2.05, 4.69) is 50.4 Å². The maximum atomic E-state index is 5.78. The zero-order valence-corrected chi connectivity index (χ0v) is 17.9. The van der Waals surface area contributed by atoms with Crippen molar-refractivity contribution in [1.29, 1.82) is 0 Å². The molecule has 0 spiro atoms. The number of benzene rings is 3. The van der Waals surface area contributed by atoms with E-state index >= 15 is 0 Å². The van der Waals surface area contributed by atoms with E-state index in [-0.39, 0.29) is 5.41 Å². The summed E-state index contributed by atoms with van der Waals surface area (Å²) in [6.07, 6.45) is 0. The lowest BCUT2D eigenvalue weighted by atomic mass is 9.87. The quantitative estimate of drug-likeness (QED) is 0.405. The molecule has 0 amide bonds. The van der Waals surface area contributed by atoms with E-state index in [0.29, 0.717) is 12.4 Å². The van der Waals surface area contributed by atoms with E-state index in [9.17, 15) is 0 Å². The Morgan fingerprint density at radius 3 is 2.27 bits per heavy atom. The van der Waals surface area contributed by atoms with Crippen molar-refractivity contribution in [2.45, 2.75) is 33.1 Å². The van der Waals surface area contributed by atoms with Crippen molar-refractivity contribution in [3.8, 4) is 17.1 Å². The third-order valence-corrected chi connectivity index (χ3v) is 5.05. The van der Waals surface area contributed by atoms with Crippen LogP contribution >= 0.6 is 0 Å². The molecule has 1 N–H and O–H groups in total. The monoisotopic (exact) mass is 397 g/mol. The molecule has 0 atom stereocenters. The first-order chi connectivity index (χ1) is 14.5. The smallest absolute Gasteiger partial charge is 0.162 e. The van der Waals surface area contributed by atoms with Gasteiger partial charge in [-0.2, -0.15) is 0 Å². The Bertz CT molecular complexity index is 1160. The van der Waals surface area contributed by atoms with E-state index in [0.717, 1.165) is 33.7 Å². The van der Waals surface area contributed by atoms with Gasteiger partial charge in [0.1, 0.15) is 11.6 Å². The molecule has 4 aromatic rings. The first-order valence-corrected chi connectivity index (χ1v) is 10.3. The molecule has 152 valence electrons. The van der Waals surface area contributed by atoms with Crippen molar-refractivity contribution >= 4 is 22.4 Å². The van der Waals surface area contributed by atoms with Gasteiger partial charge in [0, 0.05) is 10.9 Å². The Morgan fingerprint density at radius 2 is 1.53 bits per heavy atom. The molecular formula is C26H27N3O. The molecule has 1 heterocycles. The molecule has 0 saturated heterocycles. The lowest BCUT2D eigenvalue weighted by Crippen LogP contribution is -2.10. The molecule has 4 rings (SSSR count). The molecule has 0 aliphatic carbocycles. The first kappa shape index (κ1) is 19.9. The second-order valence-electron chi connectivity index (χ2n) is 8.29. The molecule has 0 radical (unpaired) electrons. The zero-order chi connectivity index (χ0) is 21.1. The number of para-hydroxylation sites is 3. The average Bonchev–Trinajstić information content (AvgIpc) is 2.75. The minimum absolute atomic E-state index is 0.110. The number of nitrogens with zero attached hydrogens (tertiary/aromatic N) is 2. The van der Waals surface area contributed by atoms with Gasteiger partial charge in [-0.05, 0) is 42.2 Å². The van der Waals surface area contributed by atoms with E-state index in [1.54, 1.807) is 0 Å². The molecule has 4 nitrogen and oxygen atoms in total. The highest BCUT2D eigenvalue weighted by atomic mass is 16.5. The van der Waals surface area contributed by atoms with Crippen molar-refractivity contribution in [2.75, 3.05) is 11.9 Å². The molecule has 0 aliphatic heterocycles. The first-order valence-electron chi connectivity index (χ1n) is 10.3.